The highest BCUT2D eigenvalue weighted by Crippen LogP contribution is 2.14. The zero-order valence-corrected chi connectivity index (χ0v) is 11.2. The molecule has 2 aromatic rings. The van der Waals surface area contributed by atoms with Crippen molar-refractivity contribution >= 4 is 0 Å². The Bertz CT molecular complexity index is 494. The third-order valence-electron chi connectivity index (χ3n) is 3.16. The second-order valence-electron chi connectivity index (χ2n) is 5.06. The lowest BCUT2D eigenvalue weighted by atomic mass is 10.0. The van der Waals surface area contributed by atoms with E-state index in [0.29, 0.717) is 11.8 Å². The summed E-state index contributed by atoms with van der Waals surface area (Å²) in [7, 11) is 0. The molecule has 0 aliphatic heterocycles. The Labute approximate surface area is 109 Å². The van der Waals surface area contributed by atoms with Gasteiger partial charge < -0.3 is 0 Å². The van der Waals surface area contributed by atoms with E-state index in [9.17, 15) is 0 Å². The summed E-state index contributed by atoms with van der Waals surface area (Å²) in [5, 5.41) is 0. The maximum absolute atomic E-state index is 4.30. The van der Waals surface area contributed by atoms with Crippen LogP contribution in [0.5, 0.6) is 0 Å². The molecule has 2 aromatic heterocycles. The van der Waals surface area contributed by atoms with E-state index in [1.807, 2.05) is 31.0 Å². The van der Waals surface area contributed by atoms with Crippen LogP contribution in [-0.4, -0.2) is 9.97 Å². The summed E-state index contributed by atoms with van der Waals surface area (Å²) in [5.41, 5.74) is 2.54. The van der Waals surface area contributed by atoms with Crippen LogP contribution in [0.25, 0.3) is 0 Å². The molecule has 0 saturated heterocycles. The number of hydrogen-bond donors (Lipinski definition) is 0. The molecule has 2 rings (SSSR count). The Morgan fingerprint density at radius 2 is 1.89 bits per heavy atom. The second-order valence-corrected chi connectivity index (χ2v) is 5.06. The van der Waals surface area contributed by atoms with Crippen molar-refractivity contribution in [2.24, 2.45) is 0 Å². The molecule has 1 atom stereocenters. The maximum atomic E-state index is 4.30. The molecule has 0 radical (unpaired) electrons. The van der Waals surface area contributed by atoms with E-state index in [-0.39, 0.29) is 0 Å². The molecule has 0 fully saturated rings. The molecule has 0 spiro atoms. The van der Waals surface area contributed by atoms with E-state index in [1.54, 1.807) is 0 Å². The summed E-state index contributed by atoms with van der Waals surface area (Å²) in [6.45, 7) is 7.52. The van der Waals surface area contributed by atoms with E-state index in [2.05, 4.69) is 47.6 Å². The van der Waals surface area contributed by atoms with Gasteiger partial charge in [-0.05, 0) is 17.5 Å². The minimum Gasteiger partial charge on any atom is -0.264 e. The Hall–Kier alpha value is -1.77. The second kappa shape index (κ2) is 5.71. The van der Waals surface area contributed by atoms with Gasteiger partial charge in [0.05, 0.1) is 12.7 Å². The van der Waals surface area contributed by atoms with E-state index < -0.39 is 0 Å². The van der Waals surface area contributed by atoms with Gasteiger partial charge in [0.1, 0.15) is 6.20 Å². The molecule has 0 aromatic carbocycles. The Kier molecular flexibility index (Phi) is 4.03. The Balaban J connectivity index is 2.12. The minimum atomic E-state index is 0.438. The van der Waals surface area contributed by atoms with Gasteiger partial charge in [-0.25, -0.2) is 4.57 Å². The van der Waals surface area contributed by atoms with Crippen molar-refractivity contribution in [3.8, 4) is 0 Å². The molecule has 0 saturated carbocycles. The van der Waals surface area contributed by atoms with Gasteiger partial charge in [-0.1, -0.05) is 31.8 Å². The van der Waals surface area contributed by atoms with E-state index >= 15 is 0 Å². The van der Waals surface area contributed by atoms with Gasteiger partial charge in [0.15, 0.2) is 0 Å². The molecule has 2 heterocycles. The van der Waals surface area contributed by atoms with Crippen LogP contribution in [0.4, 0.5) is 0 Å². The normalized spacial score (nSPS) is 12.7. The van der Waals surface area contributed by atoms with E-state index in [4.69, 9.17) is 0 Å². The largest absolute Gasteiger partial charge is 0.286 e. The third kappa shape index (κ3) is 3.13. The number of aromatic nitrogens is 3. The van der Waals surface area contributed by atoms with Crippen molar-refractivity contribution in [1.82, 2.24) is 9.97 Å². The lowest BCUT2D eigenvalue weighted by molar-refractivity contribution is -0.702. The summed E-state index contributed by atoms with van der Waals surface area (Å²) < 4.78 is 2.16. The number of pyridine rings is 1. The molecule has 0 bridgehead atoms. The van der Waals surface area contributed by atoms with Gasteiger partial charge in [0.25, 0.3) is 6.33 Å². The minimum absolute atomic E-state index is 0.438. The third-order valence-corrected chi connectivity index (χ3v) is 3.16. The fraction of sp³-hybridized carbons (Fsp3) is 0.400. The molecule has 94 valence electrons. The first-order chi connectivity index (χ1) is 8.66. The molecule has 18 heavy (non-hydrogen) atoms. The van der Waals surface area contributed by atoms with Crippen LogP contribution < -0.4 is 4.57 Å². The summed E-state index contributed by atoms with van der Waals surface area (Å²) in [5.74, 6) is 0.951. The van der Waals surface area contributed by atoms with Crippen molar-refractivity contribution in [3.05, 3.63) is 54.4 Å². The van der Waals surface area contributed by atoms with Crippen molar-refractivity contribution in [1.29, 1.82) is 0 Å². The summed E-state index contributed by atoms with van der Waals surface area (Å²) in [6.07, 6.45) is 9.76. The molecular weight excluding hydrogens is 222 g/mol. The van der Waals surface area contributed by atoms with Crippen LogP contribution in [-0.2, 0) is 6.54 Å². The van der Waals surface area contributed by atoms with Crippen molar-refractivity contribution in [2.75, 3.05) is 0 Å². The molecule has 3 nitrogen and oxygen atoms in total. The SMILES string of the molecule is CC(C)c1cnc[n+](CC(C)c2cccnc2)c1. The monoisotopic (exact) mass is 242 g/mol. The lowest BCUT2D eigenvalue weighted by Gasteiger charge is -2.10. The van der Waals surface area contributed by atoms with Crippen molar-refractivity contribution < 1.29 is 4.57 Å². The first-order valence-corrected chi connectivity index (χ1v) is 6.40. The lowest BCUT2D eigenvalue weighted by Crippen LogP contribution is -2.36. The number of hydrogen-bond acceptors (Lipinski definition) is 2. The van der Waals surface area contributed by atoms with Gasteiger partial charge in [-0.3, -0.25) is 4.98 Å². The van der Waals surface area contributed by atoms with Gasteiger partial charge in [0, 0.05) is 23.9 Å². The molecule has 0 aliphatic carbocycles. The zero-order chi connectivity index (χ0) is 13.0. The van der Waals surface area contributed by atoms with E-state index in [0.717, 1.165) is 6.54 Å². The predicted molar refractivity (Wildman–Crippen MR) is 71.2 cm³/mol. The van der Waals surface area contributed by atoms with E-state index in [1.165, 1.54) is 11.1 Å². The van der Waals surface area contributed by atoms with Crippen LogP contribution in [0.15, 0.2) is 43.2 Å². The van der Waals surface area contributed by atoms with Crippen molar-refractivity contribution in [2.45, 2.75) is 39.2 Å². The highest BCUT2D eigenvalue weighted by molar-refractivity contribution is 5.12. The highest BCUT2D eigenvalue weighted by Gasteiger charge is 2.11. The number of rotatable bonds is 4. The standard InChI is InChI=1S/C15H20N3/c1-12(2)15-8-17-11-18(10-15)9-13(3)14-5-4-6-16-7-14/h4-8,10-13H,9H2,1-3H3/q+1. The fourth-order valence-corrected chi connectivity index (χ4v) is 1.95. The van der Waals surface area contributed by atoms with Crippen molar-refractivity contribution in [3.63, 3.8) is 0 Å². The smallest absolute Gasteiger partial charge is 0.264 e. The average Bonchev–Trinajstić information content (AvgIpc) is 2.40. The zero-order valence-electron chi connectivity index (χ0n) is 11.2. The van der Waals surface area contributed by atoms with Gasteiger partial charge >= 0.3 is 0 Å². The van der Waals surface area contributed by atoms with Gasteiger partial charge in [0.2, 0.25) is 0 Å². The molecule has 0 N–H and O–H groups in total. The quantitative estimate of drug-likeness (QED) is 0.771. The molecule has 3 heteroatoms. The first kappa shape index (κ1) is 12.7. The van der Waals surface area contributed by atoms with Crippen LogP contribution in [0, 0.1) is 0 Å². The van der Waals surface area contributed by atoms with Crippen LogP contribution >= 0.6 is 0 Å². The maximum Gasteiger partial charge on any atom is 0.286 e. The predicted octanol–water partition coefficient (Wildman–Crippen LogP) is 2.69. The highest BCUT2D eigenvalue weighted by atomic mass is 15.0. The summed E-state index contributed by atoms with van der Waals surface area (Å²) in [4.78, 5) is 8.47. The number of nitrogens with zero attached hydrogens (tertiary/aromatic N) is 3. The molecule has 0 amide bonds. The summed E-state index contributed by atoms with van der Waals surface area (Å²) >= 11 is 0. The Morgan fingerprint density at radius 1 is 1.11 bits per heavy atom. The molecular formula is C15H20N3+. The van der Waals surface area contributed by atoms with Crippen LogP contribution in [0.3, 0.4) is 0 Å². The molecule has 1 unspecified atom stereocenters. The van der Waals surface area contributed by atoms with Gasteiger partial charge in [-0.15, -0.1) is 0 Å². The van der Waals surface area contributed by atoms with Crippen LogP contribution in [0.1, 0.15) is 43.7 Å². The Morgan fingerprint density at radius 3 is 2.56 bits per heavy atom. The van der Waals surface area contributed by atoms with Gasteiger partial charge in [-0.2, -0.15) is 0 Å². The summed E-state index contributed by atoms with van der Waals surface area (Å²) in [6, 6.07) is 4.11. The average molecular weight is 242 g/mol. The fourth-order valence-electron chi connectivity index (χ4n) is 1.95. The first-order valence-electron chi connectivity index (χ1n) is 6.40. The molecule has 0 aliphatic rings. The topological polar surface area (TPSA) is 29.7 Å². The van der Waals surface area contributed by atoms with Crippen LogP contribution in [0.2, 0.25) is 0 Å².